The van der Waals surface area contributed by atoms with Crippen LogP contribution in [-0.4, -0.2) is 25.3 Å². The number of carbonyl (C=O) groups excluding carboxylic acids is 1. The van der Waals surface area contributed by atoms with Crippen LogP contribution in [0, 0.1) is 11.3 Å². The summed E-state index contributed by atoms with van der Waals surface area (Å²) in [7, 11) is 0. The molecule has 2 rings (SSSR count). The van der Waals surface area contributed by atoms with E-state index in [1.54, 1.807) is 12.1 Å². The van der Waals surface area contributed by atoms with Crippen LogP contribution in [0.5, 0.6) is 5.75 Å². The van der Waals surface area contributed by atoms with Crippen molar-refractivity contribution in [2.75, 3.05) is 13.2 Å². The van der Waals surface area contributed by atoms with Gasteiger partial charge in [-0.05, 0) is 17.7 Å². The maximum atomic E-state index is 10.8. The fourth-order valence-corrected chi connectivity index (χ4v) is 1.51. The molecular formula is C12H12N2O3. The molecule has 1 aromatic rings. The van der Waals surface area contributed by atoms with Crippen LogP contribution in [0.4, 0.5) is 4.79 Å². The predicted molar refractivity (Wildman–Crippen MR) is 59.5 cm³/mol. The fourth-order valence-electron chi connectivity index (χ4n) is 1.51. The molecule has 0 aromatic heterocycles. The van der Waals surface area contributed by atoms with E-state index in [9.17, 15) is 4.79 Å². The number of ether oxygens (including phenoxy) is 2. The summed E-state index contributed by atoms with van der Waals surface area (Å²) in [5, 5.41) is 11.1. The molecule has 5 nitrogen and oxygen atoms in total. The van der Waals surface area contributed by atoms with Gasteiger partial charge in [-0.2, -0.15) is 5.26 Å². The van der Waals surface area contributed by atoms with Gasteiger partial charge in [-0.1, -0.05) is 12.1 Å². The summed E-state index contributed by atoms with van der Waals surface area (Å²) in [4.78, 5) is 10.8. The number of alkyl carbamates (subject to hydrolysis) is 1. The number of rotatable bonds is 4. The second-order valence-electron chi connectivity index (χ2n) is 3.70. The van der Waals surface area contributed by atoms with E-state index in [2.05, 4.69) is 11.4 Å². The number of cyclic esters (lactones) is 1. The Balaban J connectivity index is 1.83. The van der Waals surface area contributed by atoms with Gasteiger partial charge in [0.05, 0.1) is 19.0 Å². The van der Waals surface area contributed by atoms with E-state index in [1.165, 1.54) is 0 Å². The molecule has 1 amide bonds. The Morgan fingerprint density at radius 1 is 1.47 bits per heavy atom. The predicted octanol–water partition coefficient (Wildman–Crippen LogP) is 1.24. The number of nitrogens with one attached hydrogen (secondary N) is 1. The maximum Gasteiger partial charge on any atom is 0.407 e. The standard InChI is InChI=1S/C12H12N2O3/c13-6-5-9-1-3-10(4-2-9)16-8-11-7-14-12(15)17-11/h1-4,11H,5,7-8H2,(H,14,15). The summed E-state index contributed by atoms with van der Waals surface area (Å²) in [5.74, 6) is 0.703. The fraction of sp³-hybridized carbons (Fsp3) is 0.333. The van der Waals surface area contributed by atoms with E-state index in [4.69, 9.17) is 14.7 Å². The van der Waals surface area contributed by atoms with Gasteiger partial charge in [0.2, 0.25) is 0 Å². The molecule has 1 saturated heterocycles. The lowest BCUT2D eigenvalue weighted by Gasteiger charge is -2.10. The average molecular weight is 232 g/mol. The van der Waals surface area contributed by atoms with Crippen molar-refractivity contribution in [2.24, 2.45) is 0 Å². The number of carbonyl (C=O) groups is 1. The van der Waals surface area contributed by atoms with Gasteiger partial charge in [-0.3, -0.25) is 0 Å². The van der Waals surface area contributed by atoms with Crippen LogP contribution in [0.1, 0.15) is 5.56 Å². The highest BCUT2D eigenvalue weighted by Gasteiger charge is 2.22. The topological polar surface area (TPSA) is 71.3 Å². The molecule has 0 bridgehead atoms. The summed E-state index contributed by atoms with van der Waals surface area (Å²) in [6.45, 7) is 0.807. The summed E-state index contributed by atoms with van der Waals surface area (Å²) in [6, 6.07) is 9.37. The van der Waals surface area contributed by atoms with Gasteiger partial charge >= 0.3 is 6.09 Å². The number of amides is 1. The van der Waals surface area contributed by atoms with Gasteiger partial charge in [-0.25, -0.2) is 4.79 Å². The molecule has 17 heavy (non-hydrogen) atoms. The van der Waals surface area contributed by atoms with E-state index >= 15 is 0 Å². The lowest BCUT2D eigenvalue weighted by molar-refractivity contribution is 0.105. The van der Waals surface area contributed by atoms with Crippen molar-refractivity contribution in [1.29, 1.82) is 5.26 Å². The van der Waals surface area contributed by atoms with Crippen LogP contribution in [0.3, 0.4) is 0 Å². The summed E-state index contributed by atoms with van der Waals surface area (Å²) in [6.07, 6.45) is -0.242. The van der Waals surface area contributed by atoms with Gasteiger partial charge < -0.3 is 14.8 Å². The van der Waals surface area contributed by atoms with E-state index in [0.717, 1.165) is 5.56 Å². The molecule has 0 radical (unpaired) electrons. The number of benzene rings is 1. The molecule has 1 unspecified atom stereocenters. The lowest BCUT2D eigenvalue weighted by atomic mass is 10.2. The first-order valence-corrected chi connectivity index (χ1v) is 5.31. The minimum atomic E-state index is -0.400. The van der Waals surface area contributed by atoms with Crippen molar-refractivity contribution in [1.82, 2.24) is 5.32 Å². The van der Waals surface area contributed by atoms with Crippen molar-refractivity contribution < 1.29 is 14.3 Å². The number of hydrogen-bond acceptors (Lipinski definition) is 4. The molecule has 1 aliphatic rings. The largest absolute Gasteiger partial charge is 0.490 e. The van der Waals surface area contributed by atoms with Crippen molar-refractivity contribution in [3.05, 3.63) is 29.8 Å². The minimum absolute atomic E-state index is 0.235. The first kappa shape index (κ1) is 11.3. The number of nitriles is 1. The SMILES string of the molecule is N#CCc1ccc(OCC2CNC(=O)O2)cc1. The average Bonchev–Trinajstić information content (AvgIpc) is 2.75. The summed E-state index contributed by atoms with van der Waals surface area (Å²) < 4.78 is 10.4. The number of nitrogens with zero attached hydrogens (tertiary/aromatic N) is 1. The van der Waals surface area contributed by atoms with Gasteiger partial charge in [-0.15, -0.1) is 0 Å². The minimum Gasteiger partial charge on any atom is -0.490 e. The Hall–Kier alpha value is -2.22. The Labute approximate surface area is 98.9 Å². The number of hydrogen-bond donors (Lipinski definition) is 1. The van der Waals surface area contributed by atoms with Crippen LogP contribution in [0.15, 0.2) is 24.3 Å². The molecule has 88 valence electrons. The first-order chi connectivity index (χ1) is 8.28. The Morgan fingerprint density at radius 2 is 2.24 bits per heavy atom. The van der Waals surface area contributed by atoms with Crippen molar-refractivity contribution in [3.8, 4) is 11.8 Å². The molecule has 1 fully saturated rings. The maximum absolute atomic E-state index is 10.8. The Kier molecular flexibility index (Phi) is 3.46. The molecule has 5 heteroatoms. The molecule has 1 aromatic carbocycles. The molecule has 1 atom stereocenters. The van der Waals surface area contributed by atoms with Gasteiger partial charge in [0, 0.05) is 0 Å². The summed E-state index contributed by atoms with van der Waals surface area (Å²) >= 11 is 0. The highest BCUT2D eigenvalue weighted by Crippen LogP contribution is 2.13. The van der Waals surface area contributed by atoms with Gasteiger partial charge in [0.1, 0.15) is 12.4 Å². The molecule has 0 saturated carbocycles. The summed E-state index contributed by atoms with van der Waals surface area (Å²) in [5.41, 5.74) is 0.953. The molecular weight excluding hydrogens is 220 g/mol. The van der Waals surface area contributed by atoms with E-state index in [0.29, 0.717) is 25.3 Å². The first-order valence-electron chi connectivity index (χ1n) is 5.31. The van der Waals surface area contributed by atoms with E-state index in [-0.39, 0.29) is 6.10 Å². The van der Waals surface area contributed by atoms with Crippen molar-refractivity contribution in [3.63, 3.8) is 0 Å². The second-order valence-corrected chi connectivity index (χ2v) is 3.70. The van der Waals surface area contributed by atoms with Gasteiger partial charge in [0.25, 0.3) is 0 Å². The van der Waals surface area contributed by atoms with E-state index in [1.807, 2.05) is 12.1 Å². The smallest absolute Gasteiger partial charge is 0.407 e. The monoisotopic (exact) mass is 232 g/mol. The zero-order valence-electron chi connectivity index (χ0n) is 9.18. The quantitative estimate of drug-likeness (QED) is 0.847. The van der Waals surface area contributed by atoms with Crippen LogP contribution in [-0.2, 0) is 11.2 Å². The van der Waals surface area contributed by atoms with E-state index < -0.39 is 6.09 Å². The Bertz CT molecular complexity index is 436. The molecule has 0 aliphatic carbocycles. The van der Waals surface area contributed by atoms with Gasteiger partial charge in [0.15, 0.2) is 6.10 Å². The molecule has 1 N–H and O–H groups in total. The Morgan fingerprint density at radius 3 is 2.82 bits per heavy atom. The zero-order valence-corrected chi connectivity index (χ0v) is 9.18. The van der Waals surface area contributed by atoms with Crippen LogP contribution < -0.4 is 10.1 Å². The third-order valence-electron chi connectivity index (χ3n) is 2.39. The third-order valence-corrected chi connectivity index (χ3v) is 2.39. The van der Waals surface area contributed by atoms with Crippen molar-refractivity contribution >= 4 is 6.09 Å². The lowest BCUT2D eigenvalue weighted by Crippen LogP contribution is -2.21. The highest BCUT2D eigenvalue weighted by molar-refractivity contribution is 5.69. The normalized spacial score (nSPS) is 18.1. The highest BCUT2D eigenvalue weighted by atomic mass is 16.6. The van der Waals surface area contributed by atoms with Crippen LogP contribution in [0.2, 0.25) is 0 Å². The van der Waals surface area contributed by atoms with Crippen molar-refractivity contribution in [2.45, 2.75) is 12.5 Å². The second kappa shape index (κ2) is 5.21. The zero-order chi connectivity index (χ0) is 12.1. The molecule has 1 aliphatic heterocycles. The van der Waals surface area contributed by atoms with Crippen LogP contribution >= 0.6 is 0 Å². The third kappa shape index (κ3) is 3.11. The molecule has 1 heterocycles. The molecule has 0 spiro atoms. The van der Waals surface area contributed by atoms with Crippen LogP contribution in [0.25, 0.3) is 0 Å².